The van der Waals surface area contributed by atoms with E-state index in [1.807, 2.05) is 30.6 Å². The van der Waals surface area contributed by atoms with E-state index in [4.69, 9.17) is 19.2 Å². The van der Waals surface area contributed by atoms with Crippen LogP contribution in [0.15, 0.2) is 41.5 Å². The number of ether oxygens (including phenoxy) is 3. The summed E-state index contributed by atoms with van der Waals surface area (Å²) in [6, 6.07) is 8.03. The first kappa shape index (κ1) is 24.4. The van der Waals surface area contributed by atoms with Gasteiger partial charge in [-0.2, -0.15) is 0 Å². The fraction of sp³-hybridized carbons (Fsp3) is 0.440. The number of allylic oxidation sites excluding steroid dienone is 1. The van der Waals surface area contributed by atoms with E-state index in [2.05, 4.69) is 52.7 Å². The maximum absolute atomic E-state index is 5.54. The predicted molar refractivity (Wildman–Crippen MR) is 135 cm³/mol. The van der Waals surface area contributed by atoms with Gasteiger partial charge in [-0.25, -0.2) is 4.98 Å². The Morgan fingerprint density at radius 3 is 2.21 bits per heavy atom. The van der Waals surface area contributed by atoms with Crippen molar-refractivity contribution in [2.75, 3.05) is 71.0 Å². The van der Waals surface area contributed by atoms with Crippen LogP contribution in [0.4, 0.5) is 11.5 Å². The molecule has 1 aromatic heterocycles. The number of hydrogen-bond donors (Lipinski definition) is 0. The van der Waals surface area contributed by atoms with Crippen LogP contribution in [0.25, 0.3) is 5.70 Å². The van der Waals surface area contributed by atoms with Crippen molar-refractivity contribution in [1.82, 2.24) is 9.88 Å². The second kappa shape index (κ2) is 11.6. The van der Waals surface area contributed by atoms with Crippen molar-refractivity contribution < 1.29 is 14.2 Å². The molecule has 0 aliphatic carbocycles. The number of pyridine rings is 1. The minimum Gasteiger partial charge on any atom is -0.493 e. The highest BCUT2D eigenvalue weighted by molar-refractivity contribution is 5.93. The Kier molecular flexibility index (Phi) is 8.54. The van der Waals surface area contributed by atoms with Gasteiger partial charge in [0, 0.05) is 50.2 Å². The molecule has 178 valence electrons. The van der Waals surface area contributed by atoms with Gasteiger partial charge in [-0.1, -0.05) is 13.8 Å². The van der Waals surface area contributed by atoms with Crippen LogP contribution in [0.2, 0.25) is 0 Å². The van der Waals surface area contributed by atoms with E-state index >= 15 is 0 Å². The van der Waals surface area contributed by atoms with E-state index in [0.717, 1.165) is 48.9 Å². The zero-order valence-electron chi connectivity index (χ0n) is 20.5. The van der Waals surface area contributed by atoms with Crippen LogP contribution in [0.3, 0.4) is 0 Å². The molecule has 0 N–H and O–H groups in total. The van der Waals surface area contributed by atoms with Crippen molar-refractivity contribution in [1.29, 1.82) is 0 Å². The molecular formula is C25H35N5O3. The van der Waals surface area contributed by atoms with Gasteiger partial charge in [-0.05, 0) is 31.3 Å². The molecule has 8 nitrogen and oxygen atoms in total. The lowest BCUT2D eigenvalue weighted by Gasteiger charge is -2.29. The van der Waals surface area contributed by atoms with E-state index in [0.29, 0.717) is 23.9 Å². The Labute approximate surface area is 197 Å². The highest BCUT2D eigenvalue weighted by Gasteiger charge is 2.21. The second-order valence-electron chi connectivity index (χ2n) is 7.69. The third kappa shape index (κ3) is 5.57. The molecule has 0 saturated carbocycles. The molecule has 0 radical (unpaired) electrons. The summed E-state index contributed by atoms with van der Waals surface area (Å²) in [5.74, 6) is 2.72. The summed E-state index contributed by atoms with van der Waals surface area (Å²) in [6.07, 6.45) is 5.74. The smallest absolute Gasteiger partial charge is 0.203 e. The molecule has 1 aromatic carbocycles. The number of likely N-dealkylation sites (N-methyl/N-ethyl adjacent to an activating group) is 2. The van der Waals surface area contributed by atoms with Crippen LogP contribution < -0.4 is 24.0 Å². The Balaban J connectivity index is 1.84. The number of aliphatic imine (C=N–C) groups is 1. The Morgan fingerprint density at radius 1 is 0.970 bits per heavy atom. The summed E-state index contributed by atoms with van der Waals surface area (Å²) < 4.78 is 16.5. The fourth-order valence-electron chi connectivity index (χ4n) is 3.82. The molecule has 1 aliphatic heterocycles. The number of rotatable bonds is 11. The molecule has 1 aliphatic rings. The average molecular weight is 454 g/mol. The van der Waals surface area contributed by atoms with Gasteiger partial charge in [0.25, 0.3) is 0 Å². The number of anilines is 2. The van der Waals surface area contributed by atoms with Crippen molar-refractivity contribution in [2.24, 2.45) is 4.99 Å². The monoisotopic (exact) mass is 453 g/mol. The van der Waals surface area contributed by atoms with E-state index in [1.165, 1.54) is 0 Å². The van der Waals surface area contributed by atoms with Gasteiger partial charge in [0.05, 0.1) is 32.7 Å². The van der Waals surface area contributed by atoms with Gasteiger partial charge in [0.2, 0.25) is 5.75 Å². The van der Waals surface area contributed by atoms with Crippen molar-refractivity contribution in [2.45, 2.75) is 13.8 Å². The summed E-state index contributed by atoms with van der Waals surface area (Å²) in [5.41, 5.74) is 2.91. The fourth-order valence-corrected chi connectivity index (χ4v) is 3.82. The van der Waals surface area contributed by atoms with E-state index < -0.39 is 0 Å². The van der Waals surface area contributed by atoms with Gasteiger partial charge in [0.15, 0.2) is 11.5 Å². The van der Waals surface area contributed by atoms with E-state index in [1.54, 1.807) is 21.3 Å². The minimum atomic E-state index is 0.482. The van der Waals surface area contributed by atoms with Crippen LogP contribution >= 0.6 is 0 Å². The van der Waals surface area contributed by atoms with Crippen LogP contribution in [-0.2, 0) is 0 Å². The highest BCUT2D eigenvalue weighted by atomic mass is 16.5. The van der Waals surface area contributed by atoms with Gasteiger partial charge < -0.3 is 28.9 Å². The highest BCUT2D eigenvalue weighted by Crippen LogP contribution is 2.42. The third-order valence-electron chi connectivity index (χ3n) is 5.89. The first-order valence-electron chi connectivity index (χ1n) is 11.2. The number of methoxy groups -OCH3 is 3. The quantitative estimate of drug-likeness (QED) is 0.513. The van der Waals surface area contributed by atoms with Crippen molar-refractivity contribution in [3.8, 4) is 17.2 Å². The number of hydrogen-bond acceptors (Lipinski definition) is 8. The maximum atomic E-state index is 5.54. The number of aromatic nitrogens is 1. The molecule has 0 bridgehead atoms. The molecule has 8 heteroatoms. The van der Waals surface area contributed by atoms with Crippen LogP contribution in [0.5, 0.6) is 17.2 Å². The lowest BCUT2D eigenvalue weighted by atomic mass is 10.1. The molecular weight excluding hydrogens is 418 g/mol. The van der Waals surface area contributed by atoms with Gasteiger partial charge in [0.1, 0.15) is 12.5 Å². The molecule has 0 spiro atoms. The average Bonchev–Trinajstić information content (AvgIpc) is 2.88. The van der Waals surface area contributed by atoms with Crippen molar-refractivity contribution >= 4 is 23.4 Å². The largest absolute Gasteiger partial charge is 0.493 e. The molecule has 3 rings (SSSR count). The normalized spacial score (nSPS) is 13.2. The summed E-state index contributed by atoms with van der Waals surface area (Å²) in [4.78, 5) is 15.9. The minimum absolute atomic E-state index is 0.482. The Morgan fingerprint density at radius 2 is 1.67 bits per heavy atom. The molecule has 2 aromatic rings. The summed E-state index contributed by atoms with van der Waals surface area (Å²) >= 11 is 0. The van der Waals surface area contributed by atoms with Gasteiger partial charge in [-0.3, -0.25) is 4.99 Å². The van der Waals surface area contributed by atoms with Crippen molar-refractivity contribution in [3.05, 3.63) is 42.1 Å². The summed E-state index contributed by atoms with van der Waals surface area (Å²) in [5, 5.41) is 0. The first-order chi connectivity index (χ1) is 16.1. The molecule has 0 atom stereocenters. The number of nitrogens with zero attached hydrogens (tertiary/aromatic N) is 5. The van der Waals surface area contributed by atoms with Crippen molar-refractivity contribution in [3.63, 3.8) is 0 Å². The molecule has 2 heterocycles. The lowest BCUT2D eigenvalue weighted by Crippen LogP contribution is -2.33. The zero-order valence-corrected chi connectivity index (χ0v) is 20.5. The van der Waals surface area contributed by atoms with E-state index in [9.17, 15) is 0 Å². The Hall–Kier alpha value is -3.26. The van der Waals surface area contributed by atoms with Gasteiger partial charge in [-0.15, -0.1) is 0 Å². The molecule has 0 unspecified atom stereocenters. The van der Waals surface area contributed by atoms with Gasteiger partial charge >= 0.3 is 0 Å². The maximum Gasteiger partial charge on any atom is 0.203 e. The molecule has 0 fully saturated rings. The number of benzene rings is 1. The molecule has 0 amide bonds. The Bertz CT molecular complexity index is 946. The van der Waals surface area contributed by atoms with Crippen LogP contribution in [0.1, 0.15) is 19.4 Å². The topological polar surface area (TPSA) is 62.7 Å². The molecule has 33 heavy (non-hydrogen) atoms. The SMILES string of the molecule is CCN(CC)CCN(C)c1ccc(C2=CC=NCN2c2cc(OC)c(OC)c(OC)c2)cn1. The standard InChI is InChI=1S/C25H35N5O3/c1-7-29(8-2)14-13-28(3)24-10-9-19(17-27-24)21-11-12-26-18-30(21)20-15-22(31-4)25(33-6)23(16-20)32-5/h9-12,15-17H,7-8,13-14,18H2,1-6H3. The molecule has 0 saturated heterocycles. The zero-order chi connectivity index (χ0) is 23.8. The lowest BCUT2D eigenvalue weighted by molar-refractivity contribution is 0.311. The van der Waals surface area contributed by atoms with Crippen LogP contribution in [0, 0.1) is 0 Å². The van der Waals surface area contributed by atoms with E-state index in [-0.39, 0.29) is 0 Å². The van der Waals surface area contributed by atoms with Crippen LogP contribution in [-0.4, -0.2) is 77.3 Å². The first-order valence-corrected chi connectivity index (χ1v) is 11.2. The second-order valence-corrected chi connectivity index (χ2v) is 7.69. The third-order valence-corrected chi connectivity index (χ3v) is 5.89. The summed E-state index contributed by atoms with van der Waals surface area (Å²) in [6.45, 7) is 8.93. The summed E-state index contributed by atoms with van der Waals surface area (Å²) in [7, 11) is 6.92. The predicted octanol–water partition coefficient (Wildman–Crippen LogP) is 3.77.